The van der Waals surface area contributed by atoms with Crippen LogP contribution < -0.4 is 4.74 Å². The average molecular weight is 335 g/mol. The van der Waals surface area contributed by atoms with Gasteiger partial charge in [0.05, 0.1) is 31.0 Å². The lowest BCUT2D eigenvalue weighted by molar-refractivity contribution is -0.137. The molecule has 0 spiro atoms. The number of methoxy groups -OCH3 is 1. The molecule has 0 atom stereocenters. The first-order chi connectivity index (χ1) is 12.2. The second kappa shape index (κ2) is 9.63. The Morgan fingerprint density at radius 1 is 1.08 bits per heavy atom. The van der Waals surface area contributed by atoms with Gasteiger partial charge in [0.15, 0.2) is 0 Å². The molecule has 126 valence electrons. The third-order valence-electron chi connectivity index (χ3n) is 3.12. The van der Waals surface area contributed by atoms with E-state index in [1.54, 1.807) is 25.3 Å². The average Bonchev–Trinajstić information content (AvgIpc) is 2.66. The van der Waals surface area contributed by atoms with Crippen LogP contribution in [0.3, 0.4) is 0 Å². The van der Waals surface area contributed by atoms with Crippen LogP contribution in [-0.4, -0.2) is 19.7 Å². The second-order valence-electron chi connectivity index (χ2n) is 4.90. The van der Waals surface area contributed by atoms with Gasteiger partial charge in [-0.1, -0.05) is 12.1 Å². The molecule has 0 fully saturated rings. The van der Waals surface area contributed by atoms with Crippen molar-refractivity contribution in [3.05, 3.63) is 60.2 Å². The molecule has 0 aliphatic carbocycles. The highest BCUT2D eigenvalue weighted by Gasteiger charge is 1.97. The van der Waals surface area contributed by atoms with E-state index in [-0.39, 0.29) is 13.0 Å². The lowest BCUT2D eigenvalue weighted by atomic mass is 10.2. The maximum absolute atomic E-state index is 11.4. The molecule has 25 heavy (non-hydrogen) atoms. The Kier molecular flexibility index (Phi) is 6.89. The summed E-state index contributed by atoms with van der Waals surface area (Å²) in [6.07, 6.45) is 3.15. The normalized spacial score (nSPS) is 10.7. The topological polar surface area (TPSA) is 84.0 Å². The number of azo groups is 1. The van der Waals surface area contributed by atoms with Gasteiger partial charge in [0.25, 0.3) is 0 Å². The summed E-state index contributed by atoms with van der Waals surface area (Å²) in [5, 5.41) is 16.7. The zero-order valence-corrected chi connectivity index (χ0v) is 13.8. The van der Waals surface area contributed by atoms with Crippen LogP contribution in [0.25, 0.3) is 6.08 Å². The number of nitriles is 1. The summed E-state index contributed by atoms with van der Waals surface area (Å²) < 4.78 is 9.93. The highest BCUT2D eigenvalue weighted by atomic mass is 16.5. The molecule has 0 saturated carbocycles. The minimum Gasteiger partial charge on any atom is -0.497 e. The molecular weight excluding hydrogens is 318 g/mol. The molecule has 2 rings (SSSR count). The van der Waals surface area contributed by atoms with Gasteiger partial charge in [-0.25, -0.2) is 4.79 Å². The third kappa shape index (κ3) is 6.28. The molecule has 2 aromatic rings. The summed E-state index contributed by atoms with van der Waals surface area (Å²) >= 11 is 0. The van der Waals surface area contributed by atoms with Crippen LogP contribution in [0.4, 0.5) is 11.4 Å². The van der Waals surface area contributed by atoms with Crippen LogP contribution in [0.5, 0.6) is 5.75 Å². The molecule has 0 N–H and O–H groups in total. The highest BCUT2D eigenvalue weighted by Crippen LogP contribution is 2.21. The second-order valence-corrected chi connectivity index (χ2v) is 4.90. The van der Waals surface area contributed by atoms with E-state index in [1.165, 1.54) is 6.08 Å². The molecule has 0 saturated heterocycles. The van der Waals surface area contributed by atoms with Crippen LogP contribution >= 0.6 is 0 Å². The number of benzene rings is 2. The highest BCUT2D eigenvalue weighted by molar-refractivity contribution is 5.87. The van der Waals surface area contributed by atoms with Gasteiger partial charge in [0.2, 0.25) is 0 Å². The Morgan fingerprint density at radius 3 is 2.24 bits per heavy atom. The quantitative estimate of drug-likeness (QED) is 0.321. The molecule has 0 heterocycles. The van der Waals surface area contributed by atoms with Gasteiger partial charge >= 0.3 is 5.97 Å². The Labute approximate surface area is 146 Å². The number of hydrogen-bond acceptors (Lipinski definition) is 6. The molecule has 0 aliphatic rings. The van der Waals surface area contributed by atoms with Gasteiger partial charge < -0.3 is 9.47 Å². The fourth-order valence-corrected chi connectivity index (χ4v) is 1.83. The van der Waals surface area contributed by atoms with Crippen LogP contribution in [0.2, 0.25) is 0 Å². The van der Waals surface area contributed by atoms with Crippen molar-refractivity contribution in [2.45, 2.75) is 6.42 Å². The number of carbonyl (C=O) groups is 1. The van der Waals surface area contributed by atoms with Gasteiger partial charge in [-0.3, -0.25) is 0 Å². The van der Waals surface area contributed by atoms with Gasteiger partial charge in [-0.05, 0) is 48.0 Å². The van der Waals surface area contributed by atoms with Crippen molar-refractivity contribution in [3.63, 3.8) is 0 Å². The lowest BCUT2D eigenvalue weighted by Gasteiger charge is -1.99. The molecule has 0 aliphatic heterocycles. The van der Waals surface area contributed by atoms with Crippen molar-refractivity contribution >= 4 is 23.4 Å². The minimum absolute atomic E-state index is 0.102. The van der Waals surface area contributed by atoms with E-state index >= 15 is 0 Å². The fourth-order valence-electron chi connectivity index (χ4n) is 1.83. The molecule has 0 unspecified atom stereocenters. The van der Waals surface area contributed by atoms with Crippen LogP contribution in [0, 0.1) is 11.3 Å². The van der Waals surface area contributed by atoms with Crippen molar-refractivity contribution < 1.29 is 14.3 Å². The summed E-state index contributed by atoms with van der Waals surface area (Å²) in [7, 11) is 1.61. The van der Waals surface area contributed by atoms with E-state index in [1.807, 2.05) is 42.5 Å². The van der Waals surface area contributed by atoms with E-state index in [0.717, 1.165) is 17.0 Å². The zero-order chi connectivity index (χ0) is 17.9. The summed E-state index contributed by atoms with van der Waals surface area (Å²) in [4.78, 5) is 11.4. The predicted molar refractivity (Wildman–Crippen MR) is 93.8 cm³/mol. The fraction of sp³-hybridized carbons (Fsp3) is 0.158. The standard InChI is InChI=1S/C19H17N3O3/c1-24-18-10-8-17(9-11-18)22-21-16-6-3-15(4-7-16)5-12-19(23)25-14-2-13-20/h3-12H,2,14H2,1H3/b12-5+,22-21?. The summed E-state index contributed by atoms with van der Waals surface area (Å²) in [6, 6.07) is 16.4. The molecule has 6 nitrogen and oxygen atoms in total. The predicted octanol–water partition coefficient (Wildman–Crippen LogP) is 4.58. The van der Waals surface area contributed by atoms with E-state index in [4.69, 9.17) is 14.7 Å². The summed E-state index contributed by atoms with van der Waals surface area (Å²) in [6.45, 7) is 0.102. The van der Waals surface area contributed by atoms with Crippen molar-refractivity contribution in [1.82, 2.24) is 0 Å². The summed E-state index contributed by atoms with van der Waals surface area (Å²) in [5.74, 6) is 0.291. The number of hydrogen-bond donors (Lipinski definition) is 0. The van der Waals surface area contributed by atoms with Gasteiger partial charge in [0.1, 0.15) is 12.4 Å². The van der Waals surface area contributed by atoms with Crippen molar-refractivity contribution in [3.8, 4) is 11.8 Å². The largest absolute Gasteiger partial charge is 0.497 e. The first-order valence-corrected chi connectivity index (χ1v) is 7.59. The number of carbonyl (C=O) groups excluding carboxylic acids is 1. The Morgan fingerprint density at radius 2 is 1.68 bits per heavy atom. The molecule has 6 heteroatoms. The van der Waals surface area contributed by atoms with Crippen LogP contribution in [0.1, 0.15) is 12.0 Å². The molecule has 0 aromatic heterocycles. The Hall–Kier alpha value is -3.46. The first kappa shape index (κ1) is 17.9. The van der Waals surface area contributed by atoms with Gasteiger partial charge in [-0.2, -0.15) is 15.5 Å². The van der Waals surface area contributed by atoms with Crippen molar-refractivity contribution in [2.24, 2.45) is 10.2 Å². The zero-order valence-electron chi connectivity index (χ0n) is 13.8. The van der Waals surface area contributed by atoms with Crippen molar-refractivity contribution in [2.75, 3.05) is 13.7 Å². The molecular formula is C19H17N3O3. The molecule has 2 aromatic carbocycles. The Bertz CT molecular complexity index is 788. The first-order valence-electron chi connectivity index (χ1n) is 7.59. The number of esters is 1. The van der Waals surface area contributed by atoms with Crippen LogP contribution in [-0.2, 0) is 9.53 Å². The monoisotopic (exact) mass is 335 g/mol. The lowest BCUT2D eigenvalue weighted by Crippen LogP contribution is -2.01. The molecule has 0 radical (unpaired) electrons. The SMILES string of the molecule is COc1ccc(N=Nc2ccc(/C=C/C(=O)OCCC#N)cc2)cc1. The van der Waals surface area contributed by atoms with E-state index in [2.05, 4.69) is 10.2 Å². The third-order valence-corrected chi connectivity index (χ3v) is 3.12. The molecule has 0 bridgehead atoms. The minimum atomic E-state index is -0.474. The smallest absolute Gasteiger partial charge is 0.330 e. The number of rotatable bonds is 7. The maximum Gasteiger partial charge on any atom is 0.330 e. The van der Waals surface area contributed by atoms with E-state index in [0.29, 0.717) is 5.69 Å². The molecule has 0 amide bonds. The number of ether oxygens (including phenoxy) is 2. The summed E-state index contributed by atoms with van der Waals surface area (Å²) in [5.41, 5.74) is 2.26. The van der Waals surface area contributed by atoms with Crippen molar-refractivity contribution in [1.29, 1.82) is 5.26 Å². The van der Waals surface area contributed by atoms with Gasteiger partial charge in [0, 0.05) is 6.08 Å². The Balaban J connectivity index is 1.91. The van der Waals surface area contributed by atoms with E-state index < -0.39 is 5.97 Å². The number of nitrogens with zero attached hydrogens (tertiary/aromatic N) is 3. The maximum atomic E-state index is 11.4. The van der Waals surface area contributed by atoms with Gasteiger partial charge in [-0.15, -0.1) is 0 Å². The van der Waals surface area contributed by atoms with E-state index in [9.17, 15) is 4.79 Å². The van der Waals surface area contributed by atoms with Crippen LogP contribution in [0.15, 0.2) is 64.8 Å².